The molecule has 1 aliphatic rings. The second-order valence-corrected chi connectivity index (χ2v) is 5.23. The van der Waals surface area contributed by atoms with E-state index >= 15 is 0 Å². The van der Waals surface area contributed by atoms with Crippen LogP contribution >= 0.6 is 0 Å². The number of rotatable bonds is 4. The van der Waals surface area contributed by atoms with E-state index in [2.05, 4.69) is 5.32 Å². The Morgan fingerprint density at radius 1 is 1.43 bits per heavy atom. The number of anilines is 2. The number of hydrogen-bond acceptors (Lipinski definition) is 3. The normalized spacial score (nSPS) is 13.3. The fourth-order valence-corrected chi connectivity index (χ4v) is 2.19. The number of fused-ring (bicyclic) bond motifs is 1. The van der Waals surface area contributed by atoms with Crippen LogP contribution in [0.15, 0.2) is 29.8 Å². The zero-order chi connectivity index (χ0) is 15.4. The number of ether oxygens (including phenoxy) is 1. The second kappa shape index (κ2) is 6.43. The number of carbonyl (C=O) groups is 2. The molecule has 0 bridgehead atoms. The minimum absolute atomic E-state index is 0.0582. The summed E-state index contributed by atoms with van der Waals surface area (Å²) in [6.07, 6.45) is 2.39. The van der Waals surface area contributed by atoms with E-state index in [4.69, 9.17) is 4.74 Å². The summed E-state index contributed by atoms with van der Waals surface area (Å²) < 4.78 is 5.42. The number of allylic oxidation sites excluding steroid dienone is 1. The van der Waals surface area contributed by atoms with E-state index in [-0.39, 0.29) is 18.4 Å². The van der Waals surface area contributed by atoms with Gasteiger partial charge in [0.1, 0.15) is 5.75 Å². The van der Waals surface area contributed by atoms with Gasteiger partial charge >= 0.3 is 0 Å². The molecule has 1 aromatic rings. The first-order valence-corrected chi connectivity index (χ1v) is 7.04. The molecule has 112 valence electrons. The van der Waals surface area contributed by atoms with Crippen LogP contribution in [0, 0.1) is 0 Å². The van der Waals surface area contributed by atoms with Crippen LogP contribution in [0.5, 0.6) is 5.75 Å². The van der Waals surface area contributed by atoms with Crippen molar-refractivity contribution in [2.24, 2.45) is 0 Å². The number of carbonyl (C=O) groups excluding carboxylic acids is 2. The lowest BCUT2D eigenvalue weighted by molar-refractivity contribution is -0.121. The van der Waals surface area contributed by atoms with E-state index in [9.17, 15) is 9.59 Å². The van der Waals surface area contributed by atoms with Gasteiger partial charge in [-0.15, -0.1) is 0 Å². The summed E-state index contributed by atoms with van der Waals surface area (Å²) in [5.41, 5.74) is 2.29. The first-order chi connectivity index (χ1) is 10.0. The van der Waals surface area contributed by atoms with Gasteiger partial charge < -0.3 is 15.0 Å². The smallest absolute Gasteiger partial charge is 0.265 e. The molecule has 1 heterocycles. The Bertz CT molecular complexity index is 589. The van der Waals surface area contributed by atoms with Gasteiger partial charge in [-0.2, -0.15) is 0 Å². The van der Waals surface area contributed by atoms with Crippen molar-refractivity contribution in [1.82, 2.24) is 0 Å². The summed E-state index contributed by atoms with van der Waals surface area (Å²) in [6, 6.07) is 5.33. The molecule has 0 atom stereocenters. The minimum atomic E-state index is -0.181. The Morgan fingerprint density at radius 3 is 2.86 bits per heavy atom. The molecule has 0 unspecified atom stereocenters. The van der Waals surface area contributed by atoms with Gasteiger partial charge in [0, 0.05) is 18.3 Å². The number of amides is 2. The summed E-state index contributed by atoms with van der Waals surface area (Å²) in [4.78, 5) is 25.4. The fourth-order valence-electron chi connectivity index (χ4n) is 2.19. The number of benzene rings is 1. The predicted molar refractivity (Wildman–Crippen MR) is 82.6 cm³/mol. The average Bonchev–Trinajstić information content (AvgIpc) is 2.41. The Morgan fingerprint density at radius 2 is 2.19 bits per heavy atom. The van der Waals surface area contributed by atoms with Crippen LogP contribution in [-0.2, 0) is 9.59 Å². The third kappa shape index (κ3) is 3.62. The molecular weight excluding hydrogens is 268 g/mol. The molecule has 0 saturated heterocycles. The fraction of sp³-hybridized carbons (Fsp3) is 0.375. The van der Waals surface area contributed by atoms with Crippen molar-refractivity contribution in [2.75, 3.05) is 23.4 Å². The predicted octanol–water partition coefficient (Wildman–Crippen LogP) is 2.73. The quantitative estimate of drug-likeness (QED) is 0.867. The zero-order valence-electron chi connectivity index (χ0n) is 12.6. The Kier molecular flexibility index (Phi) is 4.62. The SMILES string of the molecule is CCCN1C(=O)COc2ccc(NC(=O)C=C(C)C)cc21. The number of nitrogens with zero attached hydrogens (tertiary/aromatic N) is 1. The molecule has 0 saturated carbocycles. The summed E-state index contributed by atoms with van der Waals surface area (Å²) in [6.45, 7) is 6.45. The van der Waals surface area contributed by atoms with Gasteiger partial charge in [0.25, 0.3) is 5.91 Å². The van der Waals surface area contributed by atoms with Gasteiger partial charge in [-0.25, -0.2) is 0 Å². The second-order valence-electron chi connectivity index (χ2n) is 5.23. The third-order valence-electron chi connectivity index (χ3n) is 3.04. The topological polar surface area (TPSA) is 58.6 Å². The van der Waals surface area contributed by atoms with Crippen LogP contribution in [0.1, 0.15) is 27.2 Å². The van der Waals surface area contributed by atoms with Crippen LogP contribution in [0.4, 0.5) is 11.4 Å². The lowest BCUT2D eigenvalue weighted by Crippen LogP contribution is -2.39. The molecule has 1 aromatic carbocycles. The lowest BCUT2D eigenvalue weighted by atomic mass is 10.2. The van der Waals surface area contributed by atoms with Crippen LogP contribution in [0.25, 0.3) is 0 Å². The number of nitrogens with one attached hydrogen (secondary N) is 1. The maximum absolute atomic E-state index is 11.9. The van der Waals surface area contributed by atoms with Gasteiger partial charge in [0.2, 0.25) is 5.91 Å². The van der Waals surface area contributed by atoms with Crippen LogP contribution < -0.4 is 15.0 Å². The van der Waals surface area contributed by atoms with E-state index in [1.165, 1.54) is 6.08 Å². The zero-order valence-corrected chi connectivity index (χ0v) is 12.6. The van der Waals surface area contributed by atoms with Gasteiger partial charge in [-0.05, 0) is 38.5 Å². The molecule has 0 aliphatic carbocycles. The van der Waals surface area contributed by atoms with Gasteiger partial charge in [-0.3, -0.25) is 9.59 Å². The van der Waals surface area contributed by atoms with Crippen LogP contribution in [0.3, 0.4) is 0 Å². The van der Waals surface area contributed by atoms with Crippen molar-refractivity contribution in [3.05, 3.63) is 29.8 Å². The summed E-state index contributed by atoms with van der Waals surface area (Å²) in [7, 11) is 0. The Balaban J connectivity index is 2.26. The van der Waals surface area contributed by atoms with Crippen molar-refractivity contribution >= 4 is 23.2 Å². The van der Waals surface area contributed by atoms with Crippen molar-refractivity contribution in [1.29, 1.82) is 0 Å². The van der Waals surface area contributed by atoms with Crippen LogP contribution in [0.2, 0.25) is 0 Å². The average molecular weight is 288 g/mol. The molecule has 5 nitrogen and oxygen atoms in total. The lowest BCUT2D eigenvalue weighted by Gasteiger charge is -2.29. The maximum atomic E-state index is 11.9. The summed E-state index contributed by atoms with van der Waals surface area (Å²) >= 11 is 0. The largest absolute Gasteiger partial charge is 0.482 e. The van der Waals surface area contributed by atoms with Crippen molar-refractivity contribution < 1.29 is 14.3 Å². The molecule has 0 fully saturated rings. The highest BCUT2D eigenvalue weighted by atomic mass is 16.5. The van der Waals surface area contributed by atoms with E-state index in [1.54, 1.807) is 23.1 Å². The molecule has 2 amide bonds. The molecule has 5 heteroatoms. The number of hydrogen-bond donors (Lipinski definition) is 1. The van der Waals surface area contributed by atoms with E-state index in [0.717, 1.165) is 12.0 Å². The molecule has 1 N–H and O–H groups in total. The molecule has 0 radical (unpaired) electrons. The Hall–Kier alpha value is -2.30. The molecular formula is C16H20N2O3. The van der Waals surface area contributed by atoms with E-state index < -0.39 is 0 Å². The molecule has 0 spiro atoms. The van der Waals surface area contributed by atoms with E-state index in [1.807, 2.05) is 20.8 Å². The highest BCUT2D eigenvalue weighted by molar-refractivity contribution is 6.02. The van der Waals surface area contributed by atoms with Crippen molar-refractivity contribution in [3.8, 4) is 5.75 Å². The van der Waals surface area contributed by atoms with Gasteiger partial charge in [0.15, 0.2) is 6.61 Å². The van der Waals surface area contributed by atoms with Crippen molar-refractivity contribution in [3.63, 3.8) is 0 Å². The third-order valence-corrected chi connectivity index (χ3v) is 3.04. The molecule has 1 aliphatic heterocycles. The first-order valence-electron chi connectivity index (χ1n) is 7.04. The van der Waals surface area contributed by atoms with Crippen molar-refractivity contribution in [2.45, 2.75) is 27.2 Å². The van der Waals surface area contributed by atoms with Gasteiger partial charge in [0.05, 0.1) is 5.69 Å². The standard InChI is InChI=1S/C16H20N2O3/c1-4-7-18-13-9-12(17-15(19)8-11(2)3)5-6-14(13)21-10-16(18)20/h5-6,8-9H,4,7,10H2,1-3H3,(H,17,19). The first kappa shape index (κ1) is 15.1. The summed E-state index contributed by atoms with van der Waals surface area (Å²) in [5, 5.41) is 2.79. The highest BCUT2D eigenvalue weighted by Crippen LogP contribution is 2.34. The van der Waals surface area contributed by atoms with Crippen LogP contribution in [-0.4, -0.2) is 25.0 Å². The summed E-state index contributed by atoms with van der Waals surface area (Å²) in [5.74, 6) is 0.431. The van der Waals surface area contributed by atoms with E-state index in [0.29, 0.717) is 23.7 Å². The monoisotopic (exact) mass is 288 g/mol. The Labute approximate surface area is 124 Å². The molecule has 0 aromatic heterocycles. The maximum Gasteiger partial charge on any atom is 0.265 e. The minimum Gasteiger partial charge on any atom is -0.482 e. The molecule has 21 heavy (non-hydrogen) atoms. The van der Waals surface area contributed by atoms with Gasteiger partial charge in [-0.1, -0.05) is 12.5 Å². The highest BCUT2D eigenvalue weighted by Gasteiger charge is 2.25. The molecule has 2 rings (SSSR count).